The van der Waals surface area contributed by atoms with Gasteiger partial charge in [0, 0.05) is 5.69 Å². The van der Waals surface area contributed by atoms with Crippen molar-refractivity contribution >= 4 is 10.1 Å². The molecule has 0 aliphatic heterocycles. The van der Waals surface area contributed by atoms with Crippen LogP contribution in [0.3, 0.4) is 0 Å². The summed E-state index contributed by atoms with van der Waals surface area (Å²) in [5.41, 5.74) is 1.51. The number of rotatable bonds is 2. The Balaban J connectivity index is 2.99. The third kappa shape index (κ3) is 2.05. The minimum absolute atomic E-state index is 0.431. The summed E-state index contributed by atoms with van der Waals surface area (Å²) in [5.74, 6) is -0.431. The zero-order valence-electron chi connectivity index (χ0n) is 6.85. The van der Waals surface area contributed by atoms with Crippen molar-refractivity contribution in [2.45, 2.75) is 19.7 Å². The zero-order chi connectivity index (χ0) is 9.35. The van der Waals surface area contributed by atoms with E-state index in [0.29, 0.717) is 0 Å². The third-order valence-electron chi connectivity index (χ3n) is 1.65. The van der Waals surface area contributed by atoms with Crippen molar-refractivity contribution in [3.63, 3.8) is 0 Å². The Labute approximate surface area is 70.8 Å². The van der Waals surface area contributed by atoms with Crippen LogP contribution in [0.2, 0.25) is 0 Å². The van der Waals surface area contributed by atoms with Gasteiger partial charge in [-0.15, -0.1) is 0 Å². The van der Waals surface area contributed by atoms with Crippen LogP contribution in [-0.4, -0.2) is 22.5 Å². The SMILES string of the molecule is Cc1ncn(CS(=O)(=O)O)c1C. The maximum atomic E-state index is 10.5. The number of aryl methyl sites for hydroxylation is 1. The maximum Gasteiger partial charge on any atom is 0.283 e. The quantitative estimate of drug-likeness (QED) is 0.683. The lowest BCUT2D eigenvalue weighted by atomic mass is 10.4. The first kappa shape index (κ1) is 9.21. The molecule has 0 aromatic carbocycles. The molecule has 1 rings (SSSR count). The van der Waals surface area contributed by atoms with Crippen molar-refractivity contribution in [2.24, 2.45) is 0 Å². The highest BCUT2D eigenvalue weighted by Crippen LogP contribution is 2.05. The minimum Gasteiger partial charge on any atom is -0.317 e. The molecule has 6 heteroatoms. The molecule has 0 saturated carbocycles. The Kier molecular flexibility index (Phi) is 2.20. The van der Waals surface area contributed by atoms with E-state index in [1.165, 1.54) is 10.9 Å². The van der Waals surface area contributed by atoms with E-state index in [0.717, 1.165) is 11.4 Å². The van der Waals surface area contributed by atoms with Crippen molar-refractivity contribution in [1.29, 1.82) is 0 Å². The molecule has 0 unspecified atom stereocenters. The smallest absolute Gasteiger partial charge is 0.283 e. The molecular formula is C6H10N2O3S. The lowest BCUT2D eigenvalue weighted by Gasteiger charge is -2.01. The normalized spacial score (nSPS) is 11.9. The largest absolute Gasteiger partial charge is 0.317 e. The van der Waals surface area contributed by atoms with E-state index in [2.05, 4.69) is 4.98 Å². The van der Waals surface area contributed by atoms with Crippen LogP contribution in [0.25, 0.3) is 0 Å². The van der Waals surface area contributed by atoms with Crippen LogP contribution in [0.1, 0.15) is 11.4 Å². The molecule has 0 bridgehead atoms. The Morgan fingerprint density at radius 3 is 2.50 bits per heavy atom. The summed E-state index contributed by atoms with van der Waals surface area (Å²) in [7, 11) is -3.96. The number of nitrogens with zero attached hydrogens (tertiary/aromatic N) is 2. The van der Waals surface area contributed by atoms with Gasteiger partial charge in [-0.2, -0.15) is 8.42 Å². The summed E-state index contributed by atoms with van der Waals surface area (Å²) in [6.45, 7) is 3.52. The Morgan fingerprint density at radius 1 is 1.58 bits per heavy atom. The molecule has 0 amide bonds. The second-order valence-electron chi connectivity index (χ2n) is 2.60. The number of hydrogen-bond donors (Lipinski definition) is 1. The van der Waals surface area contributed by atoms with E-state index < -0.39 is 16.0 Å². The molecule has 12 heavy (non-hydrogen) atoms. The summed E-state index contributed by atoms with van der Waals surface area (Å²) in [6, 6.07) is 0. The number of hydrogen-bond acceptors (Lipinski definition) is 3. The van der Waals surface area contributed by atoms with E-state index in [-0.39, 0.29) is 0 Å². The first-order valence-electron chi connectivity index (χ1n) is 3.33. The lowest BCUT2D eigenvalue weighted by molar-refractivity contribution is 0.471. The summed E-state index contributed by atoms with van der Waals surface area (Å²) in [4.78, 5) is 3.89. The predicted octanol–water partition coefficient (Wildman–Crippen LogP) is 0.345. The molecule has 5 nitrogen and oxygen atoms in total. The highest BCUT2D eigenvalue weighted by Gasteiger charge is 2.09. The van der Waals surface area contributed by atoms with E-state index in [4.69, 9.17) is 4.55 Å². The number of aromatic nitrogens is 2. The van der Waals surface area contributed by atoms with Crippen molar-refractivity contribution in [3.8, 4) is 0 Å². The van der Waals surface area contributed by atoms with Crippen LogP contribution in [-0.2, 0) is 16.0 Å². The molecule has 1 aromatic heterocycles. The van der Waals surface area contributed by atoms with Crippen LogP contribution >= 0.6 is 0 Å². The Hall–Kier alpha value is -0.880. The monoisotopic (exact) mass is 190 g/mol. The van der Waals surface area contributed by atoms with Crippen molar-refractivity contribution < 1.29 is 13.0 Å². The third-order valence-corrected chi connectivity index (χ3v) is 2.25. The van der Waals surface area contributed by atoms with E-state index in [1.54, 1.807) is 13.8 Å². The molecule has 1 aromatic rings. The van der Waals surface area contributed by atoms with Gasteiger partial charge in [-0.05, 0) is 13.8 Å². The fourth-order valence-corrected chi connectivity index (χ4v) is 1.46. The van der Waals surface area contributed by atoms with E-state index in [1.807, 2.05) is 0 Å². The van der Waals surface area contributed by atoms with Gasteiger partial charge < -0.3 is 4.57 Å². The first-order chi connectivity index (χ1) is 5.40. The summed E-state index contributed by atoms with van der Waals surface area (Å²) >= 11 is 0. The second kappa shape index (κ2) is 2.87. The standard InChI is InChI=1S/C6H10N2O3S/c1-5-6(2)8(3-7-5)4-12(9,10)11/h3H,4H2,1-2H3,(H,9,10,11). The van der Waals surface area contributed by atoms with Gasteiger partial charge in [-0.3, -0.25) is 4.55 Å². The van der Waals surface area contributed by atoms with Gasteiger partial charge in [0.1, 0.15) is 0 Å². The Morgan fingerprint density at radius 2 is 2.17 bits per heavy atom. The van der Waals surface area contributed by atoms with E-state index >= 15 is 0 Å². The van der Waals surface area contributed by atoms with Crippen LogP contribution in [0.5, 0.6) is 0 Å². The molecule has 0 saturated heterocycles. The average Bonchev–Trinajstić information content (AvgIpc) is 2.16. The van der Waals surface area contributed by atoms with Crippen molar-refractivity contribution in [2.75, 3.05) is 0 Å². The maximum absolute atomic E-state index is 10.5. The molecule has 0 aliphatic rings. The molecule has 1 heterocycles. The summed E-state index contributed by atoms with van der Waals surface area (Å²) in [5, 5.41) is 0. The molecule has 68 valence electrons. The van der Waals surface area contributed by atoms with E-state index in [9.17, 15) is 8.42 Å². The molecule has 0 radical (unpaired) electrons. The van der Waals surface area contributed by atoms with Gasteiger partial charge in [0.2, 0.25) is 0 Å². The van der Waals surface area contributed by atoms with Crippen LogP contribution in [0.15, 0.2) is 6.33 Å². The number of imidazole rings is 1. The average molecular weight is 190 g/mol. The molecule has 1 N–H and O–H groups in total. The fraction of sp³-hybridized carbons (Fsp3) is 0.500. The van der Waals surface area contributed by atoms with Gasteiger partial charge in [0.05, 0.1) is 12.0 Å². The zero-order valence-corrected chi connectivity index (χ0v) is 7.67. The minimum atomic E-state index is -3.96. The van der Waals surface area contributed by atoms with Gasteiger partial charge >= 0.3 is 0 Å². The summed E-state index contributed by atoms with van der Waals surface area (Å²) < 4.78 is 30.8. The van der Waals surface area contributed by atoms with Crippen molar-refractivity contribution in [1.82, 2.24) is 9.55 Å². The molecule has 0 aliphatic carbocycles. The van der Waals surface area contributed by atoms with Crippen LogP contribution in [0.4, 0.5) is 0 Å². The summed E-state index contributed by atoms with van der Waals surface area (Å²) in [6.07, 6.45) is 1.39. The van der Waals surface area contributed by atoms with Crippen LogP contribution < -0.4 is 0 Å². The highest BCUT2D eigenvalue weighted by molar-refractivity contribution is 7.84. The first-order valence-corrected chi connectivity index (χ1v) is 4.94. The van der Waals surface area contributed by atoms with Crippen molar-refractivity contribution in [3.05, 3.63) is 17.7 Å². The van der Waals surface area contributed by atoms with Gasteiger partial charge in [0.25, 0.3) is 10.1 Å². The fourth-order valence-electron chi connectivity index (χ4n) is 0.850. The van der Waals surface area contributed by atoms with Gasteiger partial charge in [-0.1, -0.05) is 0 Å². The van der Waals surface area contributed by atoms with Crippen LogP contribution in [0, 0.1) is 13.8 Å². The predicted molar refractivity (Wildman–Crippen MR) is 43.2 cm³/mol. The molecule has 0 spiro atoms. The Bertz CT molecular complexity index is 379. The molecule has 0 fully saturated rings. The second-order valence-corrected chi connectivity index (χ2v) is 4.02. The highest BCUT2D eigenvalue weighted by atomic mass is 32.2. The molecule has 0 atom stereocenters. The molecular weight excluding hydrogens is 180 g/mol. The van der Waals surface area contributed by atoms with Gasteiger partial charge in [0.15, 0.2) is 5.88 Å². The lowest BCUT2D eigenvalue weighted by Crippen LogP contribution is -2.09. The topological polar surface area (TPSA) is 72.2 Å². The van der Waals surface area contributed by atoms with Gasteiger partial charge in [-0.25, -0.2) is 4.98 Å².